The molecule has 0 radical (unpaired) electrons. The van der Waals surface area contributed by atoms with Crippen molar-refractivity contribution in [3.63, 3.8) is 0 Å². The van der Waals surface area contributed by atoms with Gasteiger partial charge in [-0.1, -0.05) is 30.3 Å². The van der Waals surface area contributed by atoms with E-state index >= 15 is 0 Å². The molecule has 2 aromatic rings. The van der Waals surface area contributed by atoms with Gasteiger partial charge in [-0.3, -0.25) is 0 Å². The highest BCUT2D eigenvalue weighted by Gasteiger charge is 2.74. The third kappa shape index (κ3) is 3.06. The summed E-state index contributed by atoms with van der Waals surface area (Å²) in [6.07, 6.45) is -11.1. The predicted octanol–water partition coefficient (Wildman–Crippen LogP) is 4.67. The van der Waals surface area contributed by atoms with Crippen LogP contribution in [0.4, 0.5) is 32.0 Å². The Hall–Kier alpha value is -2.38. The highest BCUT2D eigenvalue weighted by atomic mass is 19.4. The number of nitrogens with two attached hydrogens (primary N) is 1. The molecule has 0 spiro atoms. The Bertz CT molecular complexity index is 656. The van der Waals surface area contributed by atoms with E-state index in [0.717, 1.165) is 36.4 Å². The molecule has 1 atom stereocenters. The molecule has 8 heteroatoms. The standard InChI is InChI=1S/C15H11F6NO/c16-13(14(17,18)19,10-4-2-1-3-5-10)15(20,21)23-12-8-6-11(22)7-9-12/h1-9H,22H2. The van der Waals surface area contributed by atoms with Crippen LogP contribution in [0.1, 0.15) is 5.56 Å². The van der Waals surface area contributed by atoms with E-state index in [2.05, 4.69) is 4.74 Å². The van der Waals surface area contributed by atoms with Crippen LogP contribution in [0.15, 0.2) is 54.6 Å². The number of anilines is 1. The van der Waals surface area contributed by atoms with Gasteiger partial charge in [0.05, 0.1) is 0 Å². The minimum absolute atomic E-state index is 0.186. The Morgan fingerprint density at radius 3 is 1.74 bits per heavy atom. The second-order valence-electron chi connectivity index (χ2n) is 4.71. The first-order valence-corrected chi connectivity index (χ1v) is 6.31. The molecule has 0 saturated heterocycles. The number of halogens is 6. The molecule has 0 aliphatic heterocycles. The van der Waals surface area contributed by atoms with Crippen molar-refractivity contribution in [2.24, 2.45) is 0 Å². The largest absolute Gasteiger partial charge is 0.446 e. The molecule has 0 aromatic heterocycles. The molecule has 2 N–H and O–H groups in total. The minimum Gasteiger partial charge on any atom is -0.430 e. The van der Waals surface area contributed by atoms with Crippen LogP contribution in [0, 0.1) is 0 Å². The first-order valence-electron chi connectivity index (χ1n) is 6.31. The van der Waals surface area contributed by atoms with Crippen molar-refractivity contribution < 1.29 is 31.1 Å². The number of nitrogen functional groups attached to an aromatic ring is 1. The number of alkyl halides is 6. The first kappa shape index (κ1) is 17.0. The SMILES string of the molecule is Nc1ccc(OC(F)(F)C(F)(c2ccccc2)C(F)(F)F)cc1. The molecular weight excluding hydrogens is 324 g/mol. The van der Waals surface area contributed by atoms with Crippen LogP contribution < -0.4 is 10.5 Å². The maximum atomic E-state index is 14.5. The number of hydrogen-bond donors (Lipinski definition) is 1. The molecule has 2 aromatic carbocycles. The number of hydrogen-bond acceptors (Lipinski definition) is 2. The maximum Gasteiger partial charge on any atom is 0.446 e. The van der Waals surface area contributed by atoms with E-state index in [0.29, 0.717) is 12.1 Å². The van der Waals surface area contributed by atoms with Crippen LogP contribution in [-0.2, 0) is 5.67 Å². The molecular formula is C15H11F6NO. The van der Waals surface area contributed by atoms with Gasteiger partial charge >= 0.3 is 18.0 Å². The zero-order chi connectivity index (χ0) is 17.3. The van der Waals surface area contributed by atoms with Gasteiger partial charge in [0.25, 0.3) is 0 Å². The van der Waals surface area contributed by atoms with Crippen molar-refractivity contribution in [3.05, 3.63) is 60.2 Å². The number of rotatable bonds is 4. The summed E-state index contributed by atoms with van der Waals surface area (Å²) in [6.45, 7) is 0. The molecule has 2 rings (SSSR count). The molecule has 0 amide bonds. The van der Waals surface area contributed by atoms with Crippen molar-refractivity contribution in [1.29, 1.82) is 0 Å². The van der Waals surface area contributed by atoms with E-state index in [4.69, 9.17) is 5.73 Å². The van der Waals surface area contributed by atoms with E-state index in [1.165, 1.54) is 6.07 Å². The van der Waals surface area contributed by atoms with Crippen molar-refractivity contribution >= 4 is 5.69 Å². The number of benzene rings is 2. The van der Waals surface area contributed by atoms with E-state index < -0.39 is 29.3 Å². The summed E-state index contributed by atoms with van der Waals surface area (Å²) in [5, 5.41) is 0. The predicted molar refractivity (Wildman–Crippen MR) is 71.7 cm³/mol. The summed E-state index contributed by atoms with van der Waals surface area (Å²) in [7, 11) is 0. The molecule has 0 aliphatic carbocycles. The molecule has 23 heavy (non-hydrogen) atoms. The van der Waals surface area contributed by atoms with Crippen molar-refractivity contribution in [2.75, 3.05) is 5.73 Å². The molecule has 0 bridgehead atoms. The average Bonchev–Trinajstić information content (AvgIpc) is 2.48. The second kappa shape index (κ2) is 5.68. The fourth-order valence-corrected chi connectivity index (χ4v) is 1.92. The van der Waals surface area contributed by atoms with Crippen LogP contribution >= 0.6 is 0 Å². The number of ether oxygens (including phenoxy) is 1. The Balaban J connectivity index is 2.48. The highest BCUT2D eigenvalue weighted by molar-refractivity contribution is 5.42. The van der Waals surface area contributed by atoms with Crippen LogP contribution in [0.2, 0.25) is 0 Å². The van der Waals surface area contributed by atoms with Crippen molar-refractivity contribution in [2.45, 2.75) is 18.0 Å². The second-order valence-corrected chi connectivity index (χ2v) is 4.71. The quantitative estimate of drug-likeness (QED) is 0.651. The van der Waals surface area contributed by atoms with Gasteiger partial charge in [-0.15, -0.1) is 0 Å². The molecule has 0 heterocycles. The molecule has 0 fully saturated rings. The molecule has 0 aliphatic rings. The lowest BCUT2D eigenvalue weighted by atomic mass is 9.93. The van der Waals surface area contributed by atoms with E-state index in [-0.39, 0.29) is 5.69 Å². The smallest absolute Gasteiger partial charge is 0.430 e. The summed E-state index contributed by atoms with van der Waals surface area (Å²) in [6, 6.07) is 8.68. The van der Waals surface area contributed by atoms with Crippen LogP contribution in [0.25, 0.3) is 0 Å². The van der Waals surface area contributed by atoms with Crippen LogP contribution in [0.5, 0.6) is 5.75 Å². The minimum atomic E-state index is -5.90. The lowest BCUT2D eigenvalue weighted by Gasteiger charge is -2.34. The monoisotopic (exact) mass is 335 g/mol. The van der Waals surface area contributed by atoms with Gasteiger partial charge in [0, 0.05) is 11.3 Å². The zero-order valence-corrected chi connectivity index (χ0v) is 11.4. The summed E-state index contributed by atoms with van der Waals surface area (Å²) < 4.78 is 86.0. The van der Waals surface area contributed by atoms with Gasteiger partial charge in [-0.2, -0.15) is 22.0 Å². The summed E-state index contributed by atoms with van der Waals surface area (Å²) >= 11 is 0. The highest BCUT2D eigenvalue weighted by Crippen LogP contribution is 2.52. The molecule has 124 valence electrons. The fraction of sp³-hybridized carbons (Fsp3) is 0.200. The lowest BCUT2D eigenvalue weighted by molar-refractivity contribution is -0.364. The van der Waals surface area contributed by atoms with Gasteiger partial charge in [-0.05, 0) is 24.3 Å². The fourth-order valence-electron chi connectivity index (χ4n) is 1.92. The van der Waals surface area contributed by atoms with Gasteiger partial charge in [0.2, 0.25) is 0 Å². The van der Waals surface area contributed by atoms with Crippen LogP contribution in [0.3, 0.4) is 0 Å². The topological polar surface area (TPSA) is 35.2 Å². The third-order valence-corrected chi connectivity index (χ3v) is 3.09. The van der Waals surface area contributed by atoms with Crippen molar-refractivity contribution in [1.82, 2.24) is 0 Å². The summed E-state index contributed by atoms with van der Waals surface area (Å²) in [5.74, 6) is -0.647. The molecule has 1 unspecified atom stereocenters. The average molecular weight is 335 g/mol. The first-order chi connectivity index (χ1) is 10.6. The van der Waals surface area contributed by atoms with Gasteiger partial charge in [-0.25, -0.2) is 4.39 Å². The Kier molecular flexibility index (Phi) is 4.19. The molecule has 2 nitrogen and oxygen atoms in total. The van der Waals surface area contributed by atoms with E-state index in [1.54, 1.807) is 0 Å². The normalized spacial score (nSPS) is 15.0. The Labute approximate surface area is 127 Å². The van der Waals surface area contributed by atoms with Gasteiger partial charge in [0.1, 0.15) is 5.75 Å². The lowest BCUT2D eigenvalue weighted by Crippen LogP contribution is -2.55. The van der Waals surface area contributed by atoms with Gasteiger partial charge in [0.15, 0.2) is 0 Å². The Morgan fingerprint density at radius 2 is 1.26 bits per heavy atom. The molecule has 0 saturated carbocycles. The van der Waals surface area contributed by atoms with Crippen LogP contribution in [-0.4, -0.2) is 12.3 Å². The summed E-state index contributed by atoms with van der Waals surface area (Å²) in [5.41, 5.74) is -0.742. The Morgan fingerprint density at radius 1 is 0.739 bits per heavy atom. The summed E-state index contributed by atoms with van der Waals surface area (Å²) in [4.78, 5) is 0. The van der Waals surface area contributed by atoms with Crippen molar-refractivity contribution in [3.8, 4) is 5.75 Å². The third-order valence-electron chi connectivity index (χ3n) is 3.09. The zero-order valence-electron chi connectivity index (χ0n) is 11.4. The van der Waals surface area contributed by atoms with E-state index in [1.807, 2.05) is 0 Å². The van der Waals surface area contributed by atoms with Gasteiger partial charge < -0.3 is 10.5 Å². The maximum absolute atomic E-state index is 14.5. The van der Waals surface area contributed by atoms with E-state index in [9.17, 15) is 26.3 Å².